The van der Waals surface area contributed by atoms with E-state index in [0.29, 0.717) is 0 Å². The zero-order valence-electron chi connectivity index (χ0n) is 5.93. The Morgan fingerprint density at radius 3 is 2.67 bits per heavy atom. The van der Waals surface area contributed by atoms with Gasteiger partial charge in [0.1, 0.15) is 6.04 Å². The van der Waals surface area contributed by atoms with Crippen molar-refractivity contribution >= 4 is 11.6 Å². The molecule has 1 aromatic rings. The van der Waals surface area contributed by atoms with Crippen molar-refractivity contribution in [2.75, 3.05) is 0 Å². The van der Waals surface area contributed by atoms with Gasteiger partial charge in [0.15, 0.2) is 0 Å². The van der Waals surface area contributed by atoms with Crippen LogP contribution in [0.15, 0.2) is 23.0 Å². The fraction of sp³-hybridized carbons (Fsp3) is 0.333. The van der Waals surface area contributed by atoms with E-state index in [1.807, 2.05) is 5.43 Å². The third-order valence-corrected chi connectivity index (χ3v) is 1.59. The van der Waals surface area contributed by atoms with Crippen molar-refractivity contribution in [3.05, 3.63) is 24.2 Å². The molecule has 1 unspecified atom stereocenters. The molecule has 3 N–H and O–H groups in total. The molecule has 0 aliphatic rings. The predicted molar refractivity (Wildman–Crippen MR) is 39.6 cm³/mol. The molecule has 6 heteroatoms. The van der Waals surface area contributed by atoms with Gasteiger partial charge in [-0.15, -0.1) is 0 Å². The molecule has 0 bridgehead atoms. The zero-order valence-corrected chi connectivity index (χ0v) is 6.68. The lowest BCUT2D eigenvalue weighted by molar-refractivity contribution is 0.0495. The van der Waals surface area contributed by atoms with Crippen molar-refractivity contribution in [2.24, 2.45) is 5.84 Å². The van der Waals surface area contributed by atoms with E-state index in [1.54, 1.807) is 0 Å². The summed E-state index contributed by atoms with van der Waals surface area (Å²) >= 11 is 4.77. The Morgan fingerprint density at radius 2 is 2.33 bits per heavy atom. The summed E-state index contributed by atoms with van der Waals surface area (Å²) in [6.45, 7) is 0. The van der Waals surface area contributed by atoms with Crippen molar-refractivity contribution in [3.63, 3.8) is 0 Å². The van der Waals surface area contributed by atoms with Crippen LogP contribution in [0.2, 0.25) is 0 Å². The number of hydrogen-bond acceptors (Lipinski definition) is 3. The summed E-state index contributed by atoms with van der Waals surface area (Å²) < 4.78 is 29.7. The van der Waals surface area contributed by atoms with Crippen LogP contribution in [0.1, 0.15) is 11.6 Å². The van der Waals surface area contributed by atoms with Crippen molar-refractivity contribution < 1.29 is 13.2 Å². The molecule has 0 fully saturated rings. The predicted octanol–water partition coefficient (Wildman–Crippen LogP) is 1.62. The van der Waals surface area contributed by atoms with E-state index in [4.69, 9.17) is 17.4 Å². The highest BCUT2D eigenvalue weighted by Crippen LogP contribution is 2.34. The number of halogens is 3. The summed E-state index contributed by atoms with van der Waals surface area (Å²) in [4.78, 5) is 0. The first kappa shape index (κ1) is 9.44. The van der Waals surface area contributed by atoms with Crippen molar-refractivity contribution in [1.82, 2.24) is 5.43 Å². The Kier molecular flexibility index (Phi) is 2.66. The molecule has 1 heterocycles. The zero-order chi connectivity index (χ0) is 9.19. The minimum Gasteiger partial charge on any atom is -0.472 e. The van der Waals surface area contributed by atoms with Crippen LogP contribution < -0.4 is 11.3 Å². The summed E-state index contributed by atoms with van der Waals surface area (Å²) in [5, 5.41) is -3.43. The molecule has 0 amide bonds. The van der Waals surface area contributed by atoms with Gasteiger partial charge in [-0.2, -0.15) is 8.78 Å². The molecule has 0 saturated heterocycles. The number of rotatable bonds is 3. The second-order valence-corrected chi connectivity index (χ2v) is 2.70. The van der Waals surface area contributed by atoms with E-state index >= 15 is 0 Å². The van der Waals surface area contributed by atoms with E-state index < -0.39 is 11.4 Å². The van der Waals surface area contributed by atoms with Gasteiger partial charge in [-0.25, -0.2) is 5.43 Å². The van der Waals surface area contributed by atoms with Gasteiger partial charge in [-0.05, 0) is 17.7 Å². The second kappa shape index (κ2) is 3.38. The third-order valence-electron chi connectivity index (χ3n) is 1.37. The molecule has 1 atom stereocenters. The Labute approximate surface area is 72.4 Å². The maximum absolute atomic E-state index is 12.5. The minimum atomic E-state index is -3.43. The molecule has 0 aliphatic carbocycles. The fourth-order valence-electron chi connectivity index (χ4n) is 0.819. The lowest BCUT2D eigenvalue weighted by atomic mass is 10.2. The Morgan fingerprint density at radius 1 is 1.67 bits per heavy atom. The molecule has 1 aromatic heterocycles. The Balaban J connectivity index is 2.84. The molecule has 3 nitrogen and oxygen atoms in total. The van der Waals surface area contributed by atoms with E-state index in [2.05, 4.69) is 4.42 Å². The monoisotopic (exact) mass is 196 g/mol. The number of alkyl halides is 3. The third kappa shape index (κ3) is 1.94. The average molecular weight is 197 g/mol. The second-order valence-electron chi connectivity index (χ2n) is 2.20. The van der Waals surface area contributed by atoms with Crippen LogP contribution in [0.5, 0.6) is 0 Å². The highest BCUT2D eigenvalue weighted by molar-refractivity contribution is 6.22. The van der Waals surface area contributed by atoms with Crippen molar-refractivity contribution in [2.45, 2.75) is 11.4 Å². The fourth-order valence-corrected chi connectivity index (χ4v) is 1.01. The van der Waals surface area contributed by atoms with Gasteiger partial charge in [-0.1, -0.05) is 0 Å². The first-order chi connectivity index (χ1) is 5.55. The number of nitrogens with two attached hydrogens (primary N) is 1. The first-order valence-electron chi connectivity index (χ1n) is 3.10. The van der Waals surface area contributed by atoms with Crippen LogP contribution in [-0.4, -0.2) is 5.38 Å². The highest BCUT2D eigenvalue weighted by atomic mass is 35.5. The maximum Gasteiger partial charge on any atom is 0.342 e. The average Bonchev–Trinajstić information content (AvgIpc) is 2.38. The quantitative estimate of drug-likeness (QED) is 0.439. The van der Waals surface area contributed by atoms with Crippen LogP contribution in [0, 0.1) is 0 Å². The van der Waals surface area contributed by atoms with Gasteiger partial charge >= 0.3 is 5.38 Å². The molecular formula is C6H7ClF2N2O. The molecule has 0 aromatic carbocycles. The van der Waals surface area contributed by atoms with Crippen LogP contribution >= 0.6 is 11.6 Å². The lowest BCUT2D eigenvalue weighted by Crippen LogP contribution is -2.37. The van der Waals surface area contributed by atoms with Crippen LogP contribution in [0.3, 0.4) is 0 Å². The van der Waals surface area contributed by atoms with Gasteiger partial charge in [0.25, 0.3) is 0 Å². The van der Waals surface area contributed by atoms with Crippen molar-refractivity contribution in [3.8, 4) is 0 Å². The summed E-state index contributed by atoms with van der Waals surface area (Å²) in [7, 11) is 0. The van der Waals surface area contributed by atoms with Crippen LogP contribution in [0.25, 0.3) is 0 Å². The number of furan rings is 1. The topological polar surface area (TPSA) is 51.2 Å². The van der Waals surface area contributed by atoms with Gasteiger partial charge in [-0.3, -0.25) is 5.84 Å². The molecule has 0 spiro atoms. The summed E-state index contributed by atoms with van der Waals surface area (Å²) in [6, 6.07) is -0.0706. The number of hydrazine groups is 1. The number of hydrogen-bond donors (Lipinski definition) is 2. The first-order valence-corrected chi connectivity index (χ1v) is 3.48. The molecule has 68 valence electrons. The minimum absolute atomic E-state index is 0.206. The largest absolute Gasteiger partial charge is 0.472 e. The van der Waals surface area contributed by atoms with E-state index in [0.717, 1.165) is 6.26 Å². The highest BCUT2D eigenvalue weighted by Gasteiger charge is 2.38. The normalized spacial score (nSPS) is 14.7. The van der Waals surface area contributed by atoms with E-state index in [9.17, 15) is 8.78 Å². The molecule has 0 aliphatic heterocycles. The summed E-state index contributed by atoms with van der Waals surface area (Å²) in [6.07, 6.45) is 2.42. The van der Waals surface area contributed by atoms with Gasteiger partial charge in [0, 0.05) is 5.56 Å². The SMILES string of the molecule is NNC(c1ccoc1)C(F)(F)Cl. The molecule has 1 rings (SSSR count). The standard InChI is InChI=1S/C6H7ClF2N2O/c7-6(8,9)5(11-10)4-1-2-12-3-4/h1-3,5,11H,10H2. The Bertz CT molecular complexity index is 234. The van der Waals surface area contributed by atoms with Crippen LogP contribution in [0.4, 0.5) is 8.78 Å². The summed E-state index contributed by atoms with van der Waals surface area (Å²) in [5.74, 6) is 4.89. The molecular weight excluding hydrogens is 190 g/mol. The van der Waals surface area contributed by atoms with Gasteiger partial charge in [0.05, 0.1) is 12.5 Å². The maximum atomic E-state index is 12.5. The smallest absolute Gasteiger partial charge is 0.342 e. The van der Waals surface area contributed by atoms with Crippen molar-refractivity contribution in [1.29, 1.82) is 0 Å². The lowest BCUT2D eigenvalue weighted by Gasteiger charge is -2.18. The van der Waals surface area contributed by atoms with E-state index in [1.165, 1.54) is 12.3 Å². The van der Waals surface area contributed by atoms with E-state index in [-0.39, 0.29) is 5.56 Å². The number of nitrogens with one attached hydrogen (secondary N) is 1. The van der Waals surface area contributed by atoms with Crippen LogP contribution in [-0.2, 0) is 0 Å². The van der Waals surface area contributed by atoms with Gasteiger partial charge < -0.3 is 4.42 Å². The Hall–Kier alpha value is -0.650. The molecule has 0 radical (unpaired) electrons. The van der Waals surface area contributed by atoms with Gasteiger partial charge in [0.2, 0.25) is 0 Å². The molecule has 12 heavy (non-hydrogen) atoms. The molecule has 0 saturated carbocycles. The summed E-state index contributed by atoms with van der Waals surface area (Å²) in [5.41, 5.74) is 2.11.